The van der Waals surface area contributed by atoms with Gasteiger partial charge in [0.1, 0.15) is 17.8 Å². The van der Waals surface area contributed by atoms with Crippen LogP contribution in [-0.2, 0) is 9.53 Å². The Morgan fingerprint density at radius 3 is 2.76 bits per heavy atom. The molecular weight excluding hydrogens is 577 g/mol. The molecule has 1 atom stereocenters. The number of nitrogens with two attached hydrogens (primary N) is 1. The number of halogens is 1. The van der Waals surface area contributed by atoms with E-state index in [1.807, 2.05) is 57.2 Å². The van der Waals surface area contributed by atoms with E-state index in [-0.39, 0.29) is 36.4 Å². The van der Waals surface area contributed by atoms with Crippen LogP contribution in [0, 0.1) is 6.92 Å². The van der Waals surface area contributed by atoms with Gasteiger partial charge in [-0.05, 0) is 65.7 Å². The molecule has 240 valence electrons. The van der Waals surface area contributed by atoms with E-state index in [2.05, 4.69) is 52.6 Å². The fourth-order valence-corrected chi connectivity index (χ4v) is 4.49. The number of para-hydroxylation sites is 1. The third kappa shape index (κ3) is 10.0. The lowest BCUT2D eigenvalue weighted by Gasteiger charge is -2.16. The molecule has 1 saturated heterocycles. The van der Waals surface area contributed by atoms with Crippen LogP contribution >= 0.6 is 0 Å². The number of carbonyl (C=O) groups is 1. The zero-order chi connectivity index (χ0) is 32.9. The zero-order valence-corrected chi connectivity index (χ0v) is 26.6. The van der Waals surface area contributed by atoms with Crippen molar-refractivity contribution >= 4 is 47.0 Å². The van der Waals surface area contributed by atoms with Crippen molar-refractivity contribution in [1.29, 1.82) is 0 Å². The van der Waals surface area contributed by atoms with Gasteiger partial charge in [0, 0.05) is 49.2 Å². The summed E-state index contributed by atoms with van der Waals surface area (Å²) in [6.07, 6.45) is 6.74. The van der Waals surface area contributed by atoms with Crippen LogP contribution in [0.4, 0.5) is 16.0 Å². The lowest BCUT2D eigenvalue weighted by Crippen LogP contribution is -2.32. The summed E-state index contributed by atoms with van der Waals surface area (Å²) >= 11 is 0. The number of rotatable bonds is 9. The van der Waals surface area contributed by atoms with Crippen molar-refractivity contribution in [2.75, 3.05) is 46.1 Å². The molecule has 1 fully saturated rings. The van der Waals surface area contributed by atoms with Crippen molar-refractivity contribution in [1.82, 2.24) is 30.5 Å². The third-order valence-electron chi connectivity index (χ3n) is 6.55. The zero-order valence-electron chi connectivity index (χ0n) is 26.6. The van der Waals surface area contributed by atoms with E-state index in [4.69, 9.17) is 10.5 Å². The van der Waals surface area contributed by atoms with E-state index in [0.717, 1.165) is 33.9 Å². The Labute approximate surface area is 262 Å². The number of benzene rings is 1. The van der Waals surface area contributed by atoms with E-state index < -0.39 is 5.83 Å². The van der Waals surface area contributed by atoms with E-state index in [1.54, 1.807) is 19.3 Å². The predicted octanol–water partition coefficient (Wildman–Crippen LogP) is 3.80. The minimum absolute atomic E-state index is 0.000396. The molecule has 1 unspecified atom stereocenters. The van der Waals surface area contributed by atoms with Gasteiger partial charge in [-0.1, -0.05) is 12.1 Å². The molecule has 0 radical (unpaired) electrons. The molecule has 1 amide bonds. The topological polar surface area (TPSA) is 170 Å². The van der Waals surface area contributed by atoms with Gasteiger partial charge in [-0.25, -0.2) is 24.3 Å². The maximum atomic E-state index is 13.0. The smallest absolute Gasteiger partial charge is 0.316 e. The Hall–Kier alpha value is -4.95. The highest BCUT2D eigenvalue weighted by molar-refractivity contribution is 6.06. The number of aryl methyl sites for hydroxylation is 1. The first-order valence-corrected chi connectivity index (χ1v) is 14.4. The van der Waals surface area contributed by atoms with Crippen molar-refractivity contribution in [2.45, 2.75) is 33.3 Å². The highest BCUT2D eigenvalue weighted by Gasteiger charge is 2.26. The van der Waals surface area contributed by atoms with Crippen LogP contribution in [0.15, 0.2) is 69.4 Å². The number of hydrogen-bond donors (Lipinski definition) is 5. The van der Waals surface area contributed by atoms with Crippen LogP contribution < -0.4 is 21.7 Å². The maximum Gasteiger partial charge on any atom is 0.316 e. The van der Waals surface area contributed by atoms with Gasteiger partial charge in [0.2, 0.25) is 5.91 Å². The number of aromatic nitrogens is 3. The number of ether oxygens (including phenoxy) is 1. The molecular formula is C31H42FN11O2. The number of carbonyl (C=O) groups excluding carboxylic acids is 1. The highest BCUT2D eigenvalue weighted by Crippen LogP contribution is 2.33. The third-order valence-corrected chi connectivity index (χ3v) is 6.55. The number of hydrogen-bond acceptors (Lipinski definition) is 9. The molecule has 0 bridgehead atoms. The van der Waals surface area contributed by atoms with Crippen LogP contribution in [0.3, 0.4) is 0 Å². The molecule has 3 heterocycles. The van der Waals surface area contributed by atoms with Crippen LogP contribution in [-0.4, -0.2) is 91.2 Å². The molecule has 0 saturated carbocycles. The minimum atomic E-state index is -0.464. The molecule has 14 heteroatoms. The molecule has 0 spiro atoms. The van der Waals surface area contributed by atoms with E-state index in [9.17, 15) is 9.18 Å². The summed E-state index contributed by atoms with van der Waals surface area (Å²) in [7, 11) is 5.55. The molecule has 0 aliphatic carbocycles. The van der Waals surface area contributed by atoms with Gasteiger partial charge < -0.3 is 31.4 Å². The van der Waals surface area contributed by atoms with Crippen molar-refractivity contribution in [3.05, 3.63) is 60.0 Å². The number of aliphatic imine (C=N–C) groups is 3. The molecule has 6 N–H and O–H groups in total. The maximum absolute atomic E-state index is 13.0. The molecule has 1 aliphatic rings. The number of amidine groups is 2. The second-order valence-electron chi connectivity index (χ2n) is 10.3. The Morgan fingerprint density at radius 2 is 2.07 bits per heavy atom. The first-order valence-electron chi connectivity index (χ1n) is 14.4. The molecule has 45 heavy (non-hydrogen) atoms. The summed E-state index contributed by atoms with van der Waals surface area (Å²) in [5, 5.41) is 9.65. The van der Waals surface area contributed by atoms with E-state index in [0.29, 0.717) is 30.9 Å². The Bertz CT molecular complexity index is 1610. The van der Waals surface area contributed by atoms with Gasteiger partial charge in [0.05, 0.1) is 29.6 Å². The van der Waals surface area contributed by atoms with Gasteiger partial charge in [-0.15, -0.1) is 0 Å². The SMILES string of the molecule is C=NC(=N/C=C(\C)F)OC1CCN(CC(=O)Nc2cccc3c(-c4nc(/N=C(N)\C=C(\C)NC)ncc4C)c[nH]c23)C1.CNC. The predicted molar refractivity (Wildman–Crippen MR) is 180 cm³/mol. The highest BCUT2D eigenvalue weighted by atomic mass is 19.1. The average Bonchev–Trinajstić information content (AvgIpc) is 3.63. The monoisotopic (exact) mass is 619 g/mol. The summed E-state index contributed by atoms with van der Waals surface area (Å²) in [6.45, 7) is 9.83. The number of nitrogens with zero attached hydrogens (tertiary/aromatic N) is 6. The normalized spacial score (nSPS) is 16.3. The average molecular weight is 620 g/mol. The van der Waals surface area contributed by atoms with Crippen molar-refractivity contribution in [3.8, 4) is 11.3 Å². The number of allylic oxidation sites excluding steroid dienone is 2. The summed E-state index contributed by atoms with van der Waals surface area (Å²) in [5.41, 5.74) is 10.7. The van der Waals surface area contributed by atoms with E-state index in [1.165, 1.54) is 6.92 Å². The lowest BCUT2D eigenvalue weighted by molar-refractivity contribution is -0.117. The Balaban J connectivity index is 0.00000177. The quantitative estimate of drug-likeness (QED) is 0.178. The number of amides is 1. The van der Waals surface area contributed by atoms with Crippen LogP contribution in [0.5, 0.6) is 0 Å². The van der Waals surface area contributed by atoms with E-state index >= 15 is 0 Å². The Morgan fingerprint density at radius 1 is 1.31 bits per heavy atom. The van der Waals surface area contributed by atoms with Gasteiger partial charge in [0.15, 0.2) is 0 Å². The summed E-state index contributed by atoms with van der Waals surface area (Å²) in [6, 6.07) is 5.68. The molecule has 1 aromatic carbocycles. The Kier molecular flexibility index (Phi) is 12.9. The van der Waals surface area contributed by atoms with Crippen molar-refractivity contribution in [3.63, 3.8) is 0 Å². The minimum Gasteiger partial charge on any atom is -0.459 e. The number of nitrogens with one attached hydrogen (secondary N) is 4. The largest absolute Gasteiger partial charge is 0.459 e. The molecule has 4 rings (SSSR count). The fraction of sp³-hybridized carbons (Fsp3) is 0.355. The summed E-state index contributed by atoms with van der Waals surface area (Å²) in [5.74, 6) is -0.0997. The number of H-pyrrole nitrogens is 1. The first-order chi connectivity index (χ1) is 21.6. The van der Waals surface area contributed by atoms with Gasteiger partial charge >= 0.3 is 6.02 Å². The second kappa shape index (κ2) is 16.8. The number of likely N-dealkylation sites (tertiary alicyclic amines) is 1. The number of anilines is 1. The van der Waals surface area contributed by atoms with Crippen molar-refractivity contribution < 1.29 is 13.9 Å². The summed E-state index contributed by atoms with van der Waals surface area (Å²) < 4.78 is 18.7. The van der Waals surface area contributed by atoms with Gasteiger partial charge in [0.25, 0.3) is 5.95 Å². The van der Waals surface area contributed by atoms with Crippen LogP contribution in [0.1, 0.15) is 25.8 Å². The second-order valence-corrected chi connectivity index (χ2v) is 10.3. The van der Waals surface area contributed by atoms with Crippen LogP contribution in [0.2, 0.25) is 0 Å². The van der Waals surface area contributed by atoms with Crippen molar-refractivity contribution in [2.24, 2.45) is 20.7 Å². The first kappa shape index (κ1) is 34.5. The van der Waals surface area contributed by atoms with Crippen LogP contribution in [0.25, 0.3) is 22.2 Å². The lowest BCUT2D eigenvalue weighted by atomic mass is 10.1. The summed E-state index contributed by atoms with van der Waals surface area (Å²) in [4.78, 5) is 39.1. The molecule has 2 aromatic heterocycles. The standard InChI is InChI=1S/C29H35FN10O2.C2H7N/c1-17-12-35-28(38-24(31)11-19(3)32-4)39-26(17)22-14-34-27-21(22)7-6-8-23(27)37-25(41)16-40-10-9-20(15-40)42-29(33-5)36-13-18(2)30;1-3-2/h6-8,11-14,20,32,34H,5,9-10,15-16H2,1-4H3,(H,37,41)(H2,31,35,38,39);3H,1-2H3/b18-13+,19-11-,36-29?;. The molecule has 13 nitrogen and oxygen atoms in total. The number of aromatic amines is 1. The number of fused-ring (bicyclic) bond motifs is 1. The van der Waals surface area contributed by atoms with Gasteiger partial charge in [-0.3, -0.25) is 9.69 Å². The fourth-order valence-electron chi connectivity index (χ4n) is 4.49. The molecule has 1 aliphatic heterocycles. The molecule has 3 aromatic rings. The van der Waals surface area contributed by atoms with Gasteiger partial charge in [-0.2, -0.15) is 4.99 Å².